The number of nitrogens with zero attached hydrogens (tertiary/aromatic N) is 5. The molecular weight excluding hydrogens is 458 g/mol. The maximum absolute atomic E-state index is 12.1. The van der Waals surface area contributed by atoms with Crippen LogP contribution in [0.5, 0.6) is 0 Å². The van der Waals surface area contributed by atoms with E-state index in [0.29, 0.717) is 29.4 Å². The first-order chi connectivity index (χ1) is 17.0. The van der Waals surface area contributed by atoms with Crippen LogP contribution in [0.25, 0.3) is 11.1 Å². The molecule has 5 heterocycles. The minimum Gasteiger partial charge on any atom is -0.449 e. The molecule has 0 saturated carbocycles. The summed E-state index contributed by atoms with van der Waals surface area (Å²) >= 11 is 0. The molecule has 1 fully saturated rings. The molecule has 3 aromatic rings. The number of pyridine rings is 2. The fraction of sp³-hybridized carbons (Fsp3) is 0.462. The van der Waals surface area contributed by atoms with E-state index < -0.39 is 11.2 Å². The van der Waals surface area contributed by atoms with Gasteiger partial charge in [0.15, 0.2) is 0 Å². The molecule has 36 heavy (non-hydrogen) atoms. The first-order valence-corrected chi connectivity index (χ1v) is 12.3. The van der Waals surface area contributed by atoms with E-state index in [2.05, 4.69) is 25.3 Å². The lowest BCUT2D eigenvalue weighted by Gasteiger charge is -2.34. The van der Waals surface area contributed by atoms with Crippen molar-refractivity contribution in [1.82, 2.24) is 19.7 Å². The molecule has 0 unspecified atom stereocenters. The van der Waals surface area contributed by atoms with Crippen LogP contribution in [0.15, 0.2) is 36.8 Å². The largest absolute Gasteiger partial charge is 0.449 e. The molecule has 3 aromatic heterocycles. The van der Waals surface area contributed by atoms with Crippen molar-refractivity contribution in [3.8, 4) is 11.1 Å². The zero-order valence-electron chi connectivity index (χ0n) is 21.2. The van der Waals surface area contributed by atoms with Crippen LogP contribution >= 0.6 is 0 Å². The standard InChI is InChI=1S/C26H33N7O3/c1-25(2,35)15-33-13-16(11-29-33)19-12-28-22(10-20(19)32-9-5-6-17(27)14-32)30-21-8-7-18-23(31-21)26(3,4)36-24(18)34/h7-8,10-13,17,35H,5-6,9,14-15,27H2,1-4H3,(H,28,30,31)/t17-/m0/s1. The van der Waals surface area contributed by atoms with Crippen molar-refractivity contribution < 1.29 is 14.6 Å². The first kappa shape index (κ1) is 24.2. The summed E-state index contributed by atoms with van der Waals surface area (Å²) in [5.74, 6) is 0.859. The van der Waals surface area contributed by atoms with Crippen molar-refractivity contribution in [1.29, 1.82) is 0 Å². The number of aliphatic hydroxyl groups is 1. The number of fused-ring (bicyclic) bond motifs is 1. The monoisotopic (exact) mass is 491 g/mol. The van der Waals surface area contributed by atoms with E-state index in [1.165, 1.54) is 0 Å². The average Bonchev–Trinajstić information content (AvgIpc) is 3.33. The summed E-state index contributed by atoms with van der Waals surface area (Å²) in [4.78, 5) is 23.7. The van der Waals surface area contributed by atoms with E-state index in [-0.39, 0.29) is 12.0 Å². The summed E-state index contributed by atoms with van der Waals surface area (Å²) in [6.07, 6.45) is 7.56. The molecule has 5 rings (SSSR count). The number of nitrogens with two attached hydrogens (primary N) is 1. The third kappa shape index (κ3) is 4.91. The molecular formula is C26H33N7O3. The Morgan fingerprint density at radius 3 is 2.81 bits per heavy atom. The summed E-state index contributed by atoms with van der Waals surface area (Å²) in [6, 6.07) is 5.60. The van der Waals surface area contributed by atoms with E-state index in [1.807, 2.05) is 32.3 Å². The molecule has 2 aliphatic rings. The van der Waals surface area contributed by atoms with Crippen LogP contribution in [0.3, 0.4) is 0 Å². The highest BCUT2D eigenvalue weighted by Crippen LogP contribution is 2.37. The number of piperidine rings is 1. The number of esters is 1. The smallest absolute Gasteiger partial charge is 0.341 e. The van der Waals surface area contributed by atoms with Crippen molar-refractivity contribution in [2.24, 2.45) is 5.73 Å². The Balaban J connectivity index is 1.48. The topological polar surface area (TPSA) is 131 Å². The number of hydrogen-bond donors (Lipinski definition) is 3. The van der Waals surface area contributed by atoms with Crippen molar-refractivity contribution in [2.75, 3.05) is 23.3 Å². The predicted molar refractivity (Wildman–Crippen MR) is 137 cm³/mol. The second-order valence-corrected chi connectivity index (χ2v) is 10.8. The quantitative estimate of drug-likeness (QED) is 0.445. The molecule has 0 aliphatic carbocycles. The highest BCUT2D eigenvalue weighted by molar-refractivity contribution is 5.94. The fourth-order valence-electron chi connectivity index (χ4n) is 4.83. The maximum atomic E-state index is 12.1. The molecule has 10 heteroatoms. The summed E-state index contributed by atoms with van der Waals surface area (Å²) in [6.45, 7) is 9.20. The van der Waals surface area contributed by atoms with Gasteiger partial charge in [0.1, 0.15) is 22.9 Å². The average molecular weight is 492 g/mol. The van der Waals surface area contributed by atoms with Gasteiger partial charge in [0.25, 0.3) is 0 Å². The Hall–Kier alpha value is -3.50. The zero-order valence-corrected chi connectivity index (χ0v) is 21.2. The van der Waals surface area contributed by atoms with Crippen LogP contribution in [0, 0.1) is 0 Å². The first-order valence-electron chi connectivity index (χ1n) is 12.3. The molecule has 10 nitrogen and oxygen atoms in total. The van der Waals surface area contributed by atoms with E-state index in [9.17, 15) is 9.90 Å². The van der Waals surface area contributed by atoms with Gasteiger partial charge in [0, 0.05) is 54.4 Å². The van der Waals surface area contributed by atoms with E-state index in [0.717, 1.165) is 42.7 Å². The number of carbonyl (C=O) groups is 1. The van der Waals surface area contributed by atoms with Crippen LogP contribution in [0.4, 0.5) is 17.3 Å². The van der Waals surface area contributed by atoms with Crippen LogP contribution in [-0.2, 0) is 16.9 Å². The van der Waals surface area contributed by atoms with Crippen molar-refractivity contribution in [3.63, 3.8) is 0 Å². The molecule has 1 atom stereocenters. The second-order valence-electron chi connectivity index (χ2n) is 10.8. The Labute approximate surface area is 210 Å². The van der Waals surface area contributed by atoms with Crippen LogP contribution in [0.2, 0.25) is 0 Å². The number of cyclic esters (lactones) is 1. The fourth-order valence-corrected chi connectivity index (χ4v) is 4.83. The molecule has 0 bridgehead atoms. The van der Waals surface area contributed by atoms with Crippen LogP contribution in [-0.4, -0.2) is 55.6 Å². The third-order valence-corrected chi connectivity index (χ3v) is 6.46. The highest BCUT2D eigenvalue weighted by atomic mass is 16.6. The number of nitrogens with one attached hydrogen (secondary N) is 1. The number of carbonyl (C=O) groups excluding carboxylic acids is 1. The van der Waals surface area contributed by atoms with Gasteiger partial charge in [-0.15, -0.1) is 0 Å². The molecule has 0 aromatic carbocycles. The number of anilines is 3. The number of rotatable bonds is 6. The molecule has 4 N–H and O–H groups in total. The predicted octanol–water partition coefficient (Wildman–Crippen LogP) is 3.19. The third-order valence-electron chi connectivity index (χ3n) is 6.46. The maximum Gasteiger partial charge on any atom is 0.341 e. The summed E-state index contributed by atoms with van der Waals surface area (Å²) in [7, 11) is 0. The van der Waals surface area contributed by atoms with Gasteiger partial charge in [-0.2, -0.15) is 5.10 Å². The highest BCUT2D eigenvalue weighted by Gasteiger charge is 2.39. The number of aromatic nitrogens is 4. The minimum absolute atomic E-state index is 0.104. The van der Waals surface area contributed by atoms with E-state index in [4.69, 9.17) is 10.5 Å². The summed E-state index contributed by atoms with van der Waals surface area (Å²) in [5.41, 5.74) is 8.62. The molecule has 2 aliphatic heterocycles. The minimum atomic E-state index is -0.870. The number of hydrogen-bond acceptors (Lipinski definition) is 9. The van der Waals surface area contributed by atoms with Gasteiger partial charge >= 0.3 is 5.97 Å². The van der Waals surface area contributed by atoms with Gasteiger partial charge in [0.2, 0.25) is 0 Å². The lowest BCUT2D eigenvalue weighted by atomic mass is 10.0. The van der Waals surface area contributed by atoms with Crippen molar-refractivity contribution in [3.05, 3.63) is 48.0 Å². The van der Waals surface area contributed by atoms with Crippen molar-refractivity contribution >= 4 is 23.3 Å². The molecule has 0 radical (unpaired) electrons. The number of ether oxygens (including phenoxy) is 1. The zero-order chi connectivity index (χ0) is 25.7. The molecule has 190 valence electrons. The van der Waals surface area contributed by atoms with Gasteiger partial charge in [-0.1, -0.05) is 0 Å². The molecule has 0 spiro atoms. The SMILES string of the molecule is CC(C)(O)Cn1cc(-c2cnc(Nc3ccc4c(n3)C(C)(C)OC4=O)cc2N2CCC[C@H](N)C2)cn1. The van der Waals surface area contributed by atoms with Gasteiger partial charge in [0.05, 0.1) is 23.9 Å². The summed E-state index contributed by atoms with van der Waals surface area (Å²) in [5, 5.41) is 17.9. The van der Waals surface area contributed by atoms with Crippen LogP contribution in [0.1, 0.15) is 56.6 Å². The Bertz CT molecular complexity index is 1290. The van der Waals surface area contributed by atoms with Crippen molar-refractivity contribution in [2.45, 2.75) is 64.3 Å². The van der Waals surface area contributed by atoms with E-state index in [1.54, 1.807) is 36.9 Å². The Morgan fingerprint density at radius 1 is 1.25 bits per heavy atom. The lowest BCUT2D eigenvalue weighted by Crippen LogP contribution is -2.43. The Morgan fingerprint density at radius 2 is 2.06 bits per heavy atom. The lowest BCUT2D eigenvalue weighted by molar-refractivity contribution is 0.00832. The summed E-state index contributed by atoms with van der Waals surface area (Å²) < 4.78 is 7.19. The Kier molecular flexibility index (Phi) is 5.96. The van der Waals surface area contributed by atoms with Gasteiger partial charge in [-0.05, 0) is 52.7 Å². The van der Waals surface area contributed by atoms with E-state index >= 15 is 0 Å². The van der Waals surface area contributed by atoms with Gasteiger partial charge in [-0.3, -0.25) is 4.68 Å². The normalized spacial score (nSPS) is 19.2. The van der Waals surface area contributed by atoms with Gasteiger partial charge < -0.3 is 25.8 Å². The van der Waals surface area contributed by atoms with Gasteiger partial charge in [-0.25, -0.2) is 14.8 Å². The van der Waals surface area contributed by atoms with Crippen LogP contribution < -0.4 is 16.0 Å². The second kappa shape index (κ2) is 8.86. The molecule has 1 saturated heterocycles. The molecule has 0 amide bonds.